The van der Waals surface area contributed by atoms with Crippen LogP contribution in [0.2, 0.25) is 0 Å². The van der Waals surface area contributed by atoms with Crippen LogP contribution in [-0.2, 0) is 4.79 Å². The second kappa shape index (κ2) is 5.19. The van der Waals surface area contributed by atoms with Crippen LogP contribution < -0.4 is 15.4 Å². The van der Waals surface area contributed by atoms with E-state index in [9.17, 15) is 4.79 Å². The van der Waals surface area contributed by atoms with E-state index in [0.717, 1.165) is 11.3 Å². The minimum Gasteiger partial charge on any atom is -0.496 e. The molecule has 0 aromatic heterocycles. The van der Waals surface area contributed by atoms with Crippen molar-refractivity contribution in [1.29, 1.82) is 0 Å². The summed E-state index contributed by atoms with van der Waals surface area (Å²) in [6, 6.07) is 8.32. The summed E-state index contributed by atoms with van der Waals surface area (Å²) >= 11 is 0. The summed E-state index contributed by atoms with van der Waals surface area (Å²) in [4.78, 5) is 11.1. The Morgan fingerprint density at radius 1 is 1.47 bits per heavy atom. The van der Waals surface area contributed by atoms with Gasteiger partial charge in [-0.15, -0.1) is 0 Å². The summed E-state index contributed by atoms with van der Waals surface area (Å²) in [5.74, 6) is 1.000. The van der Waals surface area contributed by atoms with Gasteiger partial charge in [-0.2, -0.15) is 0 Å². The third kappa shape index (κ3) is 2.77. The number of carbonyl (C=O) groups excluding carboxylic acids is 1. The smallest absolute Gasteiger partial charge is 0.221 e. The number of hydrogen-bond acceptors (Lipinski definition) is 3. The van der Waals surface area contributed by atoms with E-state index in [0.29, 0.717) is 13.0 Å². The van der Waals surface area contributed by atoms with Gasteiger partial charge in [-0.05, 0) is 13.0 Å². The second-order valence-corrected chi connectivity index (χ2v) is 4.34. The third-order valence-electron chi connectivity index (χ3n) is 3.07. The van der Waals surface area contributed by atoms with Crippen molar-refractivity contribution in [2.75, 3.05) is 13.7 Å². The Kier molecular flexibility index (Phi) is 3.64. The van der Waals surface area contributed by atoms with Crippen molar-refractivity contribution in [2.45, 2.75) is 25.4 Å². The van der Waals surface area contributed by atoms with Crippen molar-refractivity contribution < 1.29 is 9.53 Å². The number of hydrogen-bond donors (Lipinski definition) is 2. The Hall–Kier alpha value is -1.55. The maximum absolute atomic E-state index is 11.1. The van der Waals surface area contributed by atoms with Crippen LogP contribution in [0.1, 0.15) is 24.9 Å². The zero-order chi connectivity index (χ0) is 12.3. The van der Waals surface area contributed by atoms with Crippen molar-refractivity contribution in [3.8, 4) is 5.75 Å². The first-order valence-electron chi connectivity index (χ1n) is 5.86. The zero-order valence-electron chi connectivity index (χ0n) is 10.2. The van der Waals surface area contributed by atoms with Crippen LogP contribution in [0.3, 0.4) is 0 Å². The predicted molar refractivity (Wildman–Crippen MR) is 66.0 cm³/mol. The van der Waals surface area contributed by atoms with Crippen LogP contribution >= 0.6 is 0 Å². The van der Waals surface area contributed by atoms with Gasteiger partial charge in [-0.25, -0.2) is 0 Å². The molecule has 0 spiro atoms. The molecule has 1 fully saturated rings. The summed E-state index contributed by atoms with van der Waals surface area (Å²) in [7, 11) is 1.67. The Bertz CT molecular complexity index is 406. The highest BCUT2D eigenvalue weighted by Gasteiger charge is 2.23. The number of nitrogens with one attached hydrogen (secondary N) is 2. The molecule has 0 aliphatic carbocycles. The average Bonchev–Trinajstić information content (AvgIpc) is 2.74. The summed E-state index contributed by atoms with van der Waals surface area (Å²) < 4.78 is 5.33. The molecule has 1 aliphatic rings. The van der Waals surface area contributed by atoms with Gasteiger partial charge >= 0.3 is 0 Å². The van der Waals surface area contributed by atoms with Crippen molar-refractivity contribution in [1.82, 2.24) is 10.6 Å². The molecule has 0 radical (unpaired) electrons. The topological polar surface area (TPSA) is 50.4 Å². The molecule has 2 atom stereocenters. The highest BCUT2D eigenvalue weighted by Crippen LogP contribution is 2.25. The molecule has 4 nitrogen and oxygen atoms in total. The molecule has 17 heavy (non-hydrogen) atoms. The Balaban J connectivity index is 2.03. The van der Waals surface area contributed by atoms with Crippen LogP contribution in [0.15, 0.2) is 24.3 Å². The van der Waals surface area contributed by atoms with Gasteiger partial charge in [0.15, 0.2) is 0 Å². The van der Waals surface area contributed by atoms with Crippen LogP contribution in [0.4, 0.5) is 0 Å². The highest BCUT2D eigenvalue weighted by molar-refractivity contribution is 5.78. The molecule has 0 bridgehead atoms. The third-order valence-corrected chi connectivity index (χ3v) is 3.07. The normalized spacial score (nSPS) is 21.1. The Labute approximate surface area is 101 Å². The zero-order valence-corrected chi connectivity index (χ0v) is 10.2. The lowest BCUT2D eigenvalue weighted by molar-refractivity contribution is -0.119. The standard InChI is InChI=1S/C13H18N2O2/c1-9(15-10-7-13(16)14-8-10)11-5-3-4-6-12(11)17-2/h3-6,9-10,15H,7-8H2,1-2H3,(H,14,16). The molecular formula is C13H18N2O2. The average molecular weight is 234 g/mol. The molecule has 2 rings (SSSR count). The molecule has 1 saturated heterocycles. The number of ether oxygens (including phenoxy) is 1. The molecule has 1 aliphatic heterocycles. The first-order valence-corrected chi connectivity index (χ1v) is 5.86. The van der Waals surface area contributed by atoms with Crippen molar-refractivity contribution in [3.63, 3.8) is 0 Å². The van der Waals surface area contributed by atoms with Crippen molar-refractivity contribution in [2.24, 2.45) is 0 Å². The van der Waals surface area contributed by atoms with Gasteiger partial charge < -0.3 is 15.4 Å². The van der Waals surface area contributed by atoms with Crippen molar-refractivity contribution >= 4 is 5.91 Å². The van der Waals surface area contributed by atoms with E-state index in [1.54, 1.807) is 7.11 Å². The fraction of sp³-hybridized carbons (Fsp3) is 0.462. The molecule has 4 heteroatoms. The van der Waals surface area contributed by atoms with E-state index in [1.807, 2.05) is 24.3 Å². The predicted octanol–water partition coefficient (Wildman–Crippen LogP) is 1.23. The highest BCUT2D eigenvalue weighted by atomic mass is 16.5. The lowest BCUT2D eigenvalue weighted by atomic mass is 10.1. The number of benzene rings is 1. The number of methoxy groups -OCH3 is 1. The van der Waals surface area contributed by atoms with E-state index >= 15 is 0 Å². The summed E-state index contributed by atoms with van der Waals surface area (Å²) in [6.45, 7) is 2.79. The van der Waals surface area contributed by atoms with Gasteiger partial charge in [0, 0.05) is 30.6 Å². The lowest BCUT2D eigenvalue weighted by Gasteiger charge is -2.20. The summed E-state index contributed by atoms with van der Waals surface area (Å²) in [5.41, 5.74) is 1.12. The van der Waals surface area contributed by atoms with Gasteiger partial charge in [0.1, 0.15) is 5.75 Å². The number of amides is 1. The largest absolute Gasteiger partial charge is 0.496 e. The molecule has 92 valence electrons. The minimum atomic E-state index is 0.120. The van der Waals surface area contributed by atoms with Crippen LogP contribution in [0, 0.1) is 0 Å². The molecule has 2 N–H and O–H groups in total. The van der Waals surface area contributed by atoms with E-state index in [4.69, 9.17) is 4.74 Å². The van der Waals surface area contributed by atoms with Crippen molar-refractivity contribution in [3.05, 3.63) is 29.8 Å². The van der Waals surface area contributed by atoms with Gasteiger partial charge in [-0.3, -0.25) is 4.79 Å². The molecule has 1 heterocycles. The molecular weight excluding hydrogens is 216 g/mol. The molecule has 2 unspecified atom stereocenters. The summed E-state index contributed by atoms with van der Waals surface area (Å²) in [6.07, 6.45) is 0.555. The number of rotatable bonds is 4. The Morgan fingerprint density at radius 2 is 2.24 bits per heavy atom. The van der Waals surface area contributed by atoms with Gasteiger partial charge in [0.25, 0.3) is 0 Å². The van der Waals surface area contributed by atoms with E-state index in [2.05, 4.69) is 17.6 Å². The second-order valence-electron chi connectivity index (χ2n) is 4.34. The van der Waals surface area contributed by atoms with E-state index in [1.165, 1.54) is 0 Å². The van der Waals surface area contributed by atoms with E-state index < -0.39 is 0 Å². The SMILES string of the molecule is COc1ccccc1C(C)NC1CNC(=O)C1. The molecule has 1 amide bonds. The van der Waals surface area contributed by atoms with E-state index in [-0.39, 0.29) is 18.0 Å². The first-order chi connectivity index (χ1) is 8.20. The van der Waals surface area contributed by atoms with Crippen LogP contribution in [-0.4, -0.2) is 25.6 Å². The quantitative estimate of drug-likeness (QED) is 0.824. The first kappa shape index (κ1) is 11.9. The molecule has 0 saturated carbocycles. The fourth-order valence-corrected chi connectivity index (χ4v) is 2.19. The summed E-state index contributed by atoms with van der Waals surface area (Å²) in [5, 5.41) is 6.26. The molecule has 1 aromatic carbocycles. The number of para-hydroxylation sites is 1. The van der Waals surface area contributed by atoms with Gasteiger partial charge in [0.05, 0.1) is 7.11 Å². The lowest BCUT2D eigenvalue weighted by Crippen LogP contribution is -2.33. The number of carbonyl (C=O) groups is 1. The molecule has 1 aromatic rings. The monoisotopic (exact) mass is 234 g/mol. The maximum Gasteiger partial charge on any atom is 0.221 e. The van der Waals surface area contributed by atoms with Crippen LogP contribution in [0.25, 0.3) is 0 Å². The van der Waals surface area contributed by atoms with Gasteiger partial charge in [-0.1, -0.05) is 18.2 Å². The van der Waals surface area contributed by atoms with Gasteiger partial charge in [0.2, 0.25) is 5.91 Å². The fourth-order valence-electron chi connectivity index (χ4n) is 2.19. The minimum absolute atomic E-state index is 0.120. The maximum atomic E-state index is 11.1. The Morgan fingerprint density at radius 3 is 2.88 bits per heavy atom. The van der Waals surface area contributed by atoms with Crippen LogP contribution in [0.5, 0.6) is 5.75 Å².